The van der Waals surface area contributed by atoms with Crippen molar-refractivity contribution >= 4 is 5.91 Å². The minimum absolute atomic E-state index is 0.0126. The van der Waals surface area contributed by atoms with Crippen LogP contribution in [0, 0.1) is 24.1 Å². The SMILES string of the molecule is CCCC(C#N)NC(=O)c1cccc(C)c1F. The lowest BCUT2D eigenvalue weighted by molar-refractivity contribution is 0.0939. The van der Waals surface area contributed by atoms with Gasteiger partial charge in [0.05, 0.1) is 11.6 Å². The molecule has 0 aliphatic carbocycles. The Morgan fingerprint density at radius 2 is 2.29 bits per heavy atom. The summed E-state index contributed by atoms with van der Waals surface area (Å²) in [6.07, 6.45) is 1.35. The lowest BCUT2D eigenvalue weighted by atomic mass is 10.1. The smallest absolute Gasteiger partial charge is 0.255 e. The van der Waals surface area contributed by atoms with Crippen LogP contribution in [0.4, 0.5) is 4.39 Å². The van der Waals surface area contributed by atoms with Gasteiger partial charge in [-0.05, 0) is 25.0 Å². The first-order chi connectivity index (χ1) is 8.10. The Balaban J connectivity index is 2.83. The highest BCUT2D eigenvalue weighted by atomic mass is 19.1. The van der Waals surface area contributed by atoms with Crippen LogP contribution in [0.2, 0.25) is 0 Å². The molecule has 0 bridgehead atoms. The van der Waals surface area contributed by atoms with E-state index in [1.165, 1.54) is 6.07 Å². The molecule has 90 valence electrons. The zero-order valence-electron chi connectivity index (χ0n) is 9.96. The number of nitriles is 1. The van der Waals surface area contributed by atoms with Gasteiger partial charge in [-0.2, -0.15) is 5.26 Å². The summed E-state index contributed by atoms with van der Waals surface area (Å²) < 4.78 is 13.6. The summed E-state index contributed by atoms with van der Waals surface area (Å²) in [5.74, 6) is -1.07. The molecule has 1 atom stereocenters. The van der Waals surface area contributed by atoms with Crippen LogP contribution in [0.15, 0.2) is 18.2 Å². The summed E-state index contributed by atoms with van der Waals surface area (Å²) in [7, 11) is 0. The topological polar surface area (TPSA) is 52.9 Å². The van der Waals surface area contributed by atoms with Crippen molar-refractivity contribution in [2.75, 3.05) is 0 Å². The summed E-state index contributed by atoms with van der Waals surface area (Å²) in [5.41, 5.74) is 0.406. The molecule has 3 nitrogen and oxygen atoms in total. The van der Waals surface area contributed by atoms with Crippen molar-refractivity contribution in [1.29, 1.82) is 5.26 Å². The van der Waals surface area contributed by atoms with Gasteiger partial charge in [-0.15, -0.1) is 0 Å². The summed E-state index contributed by atoms with van der Waals surface area (Å²) in [5, 5.41) is 11.3. The number of rotatable bonds is 4. The molecular formula is C13H15FN2O. The van der Waals surface area contributed by atoms with Gasteiger partial charge in [0, 0.05) is 0 Å². The zero-order valence-corrected chi connectivity index (χ0v) is 9.96. The van der Waals surface area contributed by atoms with Gasteiger partial charge in [0.25, 0.3) is 5.91 Å². The molecule has 0 aromatic heterocycles. The second-order valence-corrected chi connectivity index (χ2v) is 3.88. The standard InChI is InChI=1S/C13H15FN2O/c1-3-5-10(8-15)16-13(17)11-7-4-6-9(2)12(11)14/h4,6-7,10H,3,5H2,1-2H3,(H,16,17). The van der Waals surface area contributed by atoms with Crippen molar-refractivity contribution in [3.8, 4) is 6.07 Å². The van der Waals surface area contributed by atoms with Crippen molar-refractivity contribution in [3.63, 3.8) is 0 Å². The number of hydrogen-bond donors (Lipinski definition) is 1. The van der Waals surface area contributed by atoms with Crippen molar-refractivity contribution in [3.05, 3.63) is 35.1 Å². The number of hydrogen-bond acceptors (Lipinski definition) is 2. The van der Waals surface area contributed by atoms with Crippen LogP contribution < -0.4 is 5.32 Å². The van der Waals surface area contributed by atoms with Crippen molar-refractivity contribution in [2.45, 2.75) is 32.7 Å². The van der Waals surface area contributed by atoms with E-state index in [4.69, 9.17) is 5.26 Å². The molecule has 0 saturated heterocycles. The van der Waals surface area contributed by atoms with Crippen LogP contribution in [-0.4, -0.2) is 11.9 Å². The monoisotopic (exact) mass is 234 g/mol. The minimum Gasteiger partial charge on any atom is -0.336 e. The lowest BCUT2D eigenvalue weighted by Crippen LogP contribution is -2.34. The van der Waals surface area contributed by atoms with E-state index in [1.54, 1.807) is 19.1 Å². The first kappa shape index (κ1) is 13.2. The Hall–Kier alpha value is -1.89. The maximum atomic E-state index is 13.6. The molecule has 1 rings (SSSR count). The molecule has 1 amide bonds. The molecule has 0 aliphatic heterocycles. The summed E-state index contributed by atoms with van der Waals surface area (Å²) in [6.45, 7) is 3.52. The fraction of sp³-hybridized carbons (Fsp3) is 0.385. The van der Waals surface area contributed by atoms with Crippen molar-refractivity contribution in [2.24, 2.45) is 0 Å². The molecule has 1 aromatic carbocycles. The average molecular weight is 234 g/mol. The maximum absolute atomic E-state index is 13.6. The van der Waals surface area contributed by atoms with Crippen LogP contribution in [0.3, 0.4) is 0 Å². The largest absolute Gasteiger partial charge is 0.336 e. The third-order valence-corrected chi connectivity index (χ3v) is 2.47. The van der Waals surface area contributed by atoms with Gasteiger partial charge in [-0.1, -0.05) is 25.5 Å². The van der Waals surface area contributed by atoms with E-state index >= 15 is 0 Å². The van der Waals surface area contributed by atoms with Gasteiger partial charge in [-0.3, -0.25) is 4.79 Å². The minimum atomic E-state index is -0.563. The first-order valence-electron chi connectivity index (χ1n) is 5.55. The van der Waals surface area contributed by atoms with E-state index in [1.807, 2.05) is 13.0 Å². The van der Waals surface area contributed by atoms with E-state index in [9.17, 15) is 9.18 Å². The molecule has 0 saturated carbocycles. The summed E-state index contributed by atoms with van der Waals surface area (Å²) in [6, 6.07) is 6.05. The maximum Gasteiger partial charge on any atom is 0.255 e. The Labute approximate surface area is 100 Å². The van der Waals surface area contributed by atoms with E-state index in [0.717, 1.165) is 6.42 Å². The number of aryl methyl sites for hydroxylation is 1. The molecule has 17 heavy (non-hydrogen) atoms. The summed E-state index contributed by atoms with van der Waals surface area (Å²) in [4.78, 5) is 11.8. The molecule has 0 spiro atoms. The zero-order chi connectivity index (χ0) is 12.8. The quantitative estimate of drug-likeness (QED) is 0.870. The predicted octanol–water partition coefficient (Wildman–Crippen LogP) is 2.56. The number of nitrogens with one attached hydrogen (secondary N) is 1. The molecule has 1 N–H and O–H groups in total. The highest BCUT2D eigenvalue weighted by Crippen LogP contribution is 2.12. The number of amides is 1. The Morgan fingerprint density at radius 1 is 1.59 bits per heavy atom. The van der Waals surface area contributed by atoms with Gasteiger partial charge in [0.15, 0.2) is 0 Å². The molecule has 0 fully saturated rings. The van der Waals surface area contributed by atoms with Crippen LogP contribution in [0.25, 0.3) is 0 Å². The third kappa shape index (κ3) is 3.28. The van der Waals surface area contributed by atoms with E-state index in [-0.39, 0.29) is 5.56 Å². The molecule has 0 radical (unpaired) electrons. The highest BCUT2D eigenvalue weighted by molar-refractivity contribution is 5.95. The third-order valence-electron chi connectivity index (χ3n) is 2.47. The predicted molar refractivity (Wildman–Crippen MR) is 62.9 cm³/mol. The van der Waals surface area contributed by atoms with Gasteiger partial charge >= 0.3 is 0 Å². The first-order valence-corrected chi connectivity index (χ1v) is 5.55. The van der Waals surface area contributed by atoms with Gasteiger partial charge in [0.1, 0.15) is 11.9 Å². The second kappa shape index (κ2) is 6.00. The number of benzene rings is 1. The molecule has 1 aromatic rings. The number of carbonyl (C=O) groups is 1. The van der Waals surface area contributed by atoms with Gasteiger partial charge in [0.2, 0.25) is 0 Å². The van der Waals surface area contributed by atoms with Gasteiger partial charge in [-0.25, -0.2) is 4.39 Å². The Kier molecular flexibility index (Phi) is 4.65. The second-order valence-electron chi connectivity index (χ2n) is 3.88. The lowest BCUT2D eigenvalue weighted by Gasteiger charge is -2.11. The van der Waals surface area contributed by atoms with E-state index < -0.39 is 17.8 Å². The van der Waals surface area contributed by atoms with Crippen LogP contribution in [0.1, 0.15) is 35.7 Å². The molecule has 0 aliphatic rings. The van der Waals surface area contributed by atoms with Crippen molar-refractivity contribution < 1.29 is 9.18 Å². The molecular weight excluding hydrogens is 219 g/mol. The fourth-order valence-corrected chi connectivity index (χ4v) is 1.52. The van der Waals surface area contributed by atoms with E-state index in [2.05, 4.69) is 5.32 Å². The fourth-order valence-electron chi connectivity index (χ4n) is 1.52. The molecule has 4 heteroatoms. The van der Waals surface area contributed by atoms with Crippen molar-refractivity contribution in [1.82, 2.24) is 5.32 Å². The normalized spacial score (nSPS) is 11.6. The average Bonchev–Trinajstić information content (AvgIpc) is 2.31. The molecule has 0 heterocycles. The number of nitrogens with zero attached hydrogens (tertiary/aromatic N) is 1. The van der Waals surface area contributed by atoms with Crippen LogP contribution in [0.5, 0.6) is 0 Å². The Morgan fingerprint density at radius 3 is 2.88 bits per heavy atom. The number of halogens is 1. The molecule has 1 unspecified atom stereocenters. The Bertz CT molecular complexity index is 451. The summed E-state index contributed by atoms with van der Waals surface area (Å²) >= 11 is 0. The van der Waals surface area contributed by atoms with Crippen LogP contribution >= 0.6 is 0 Å². The number of carbonyl (C=O) groups excluding carboxylic acids is 1. The van der Waals surface area contributed by atoms with Crippen LogP contribution in [-0.2, 0) is 0 Å². The highest BCUT2D eigenvalue weighted by Gasteiger charge is 2.16. The van der Waals surface area contributed by atoms with E-state index in [0.29, 0.717) is 12.0 Å². The van der Waals surface area contributed by atoms with Gasteiger partial charge < -0.3 is 5.32 Å².